The van der Waals surface area contributed by atoms with Crippen LogP contribution in [-0.2, 0) is 16.1 Å². The van der Waals surface area contributed by atoms with Crippen molar-refractivity contribution in [2.45, 2.75) is 36.1 Å². The third kappa shape index (κ3) is 5.45. The van der Waals surface area contributed by atoms with Crippen molar-refractivity contribution >= 4 is 17.7 Å². The largest absolute Gasteiger partial charge is 0.496 e. The number of carbonyl (C=O) groups is 1. The number of methoxy groups -OCH3 is 2. The molecule has 2 fully saturated rings. The van der Waals surface area contributed by atoms with Gasteiger partial charge in [-0.25, -0.2) is 4.39 Å². The second kappa shape index (κ2) is 10.8. The first-order chi connectivity index (χ1) is 16.0. The van der Waals surface area contributed by atoms with Gasteiger partial charge in [0, 0.05) is 47.5 Å². The van der Waals surface area contributed by atoms with Gasteiger partial charge in [-0.05, 0) is 43.7 Å². The molecule has 4 rings (SSSR count). The zero-order valence-electron chi connectivity index (χ0n) is 19.4. The SMILES string of the molecule is COc1ccc(CN2C[C@H](Sc3ccc(F)cc3)C[C@H]2C(=O)N2CCOCC2)c(OC)c1C. The summed E-state index contributed by atoms with van der Waals surface area (Å²) in [7, 11) is 3.31. The molecule has 2 aromatic rings. The Hall–Kier alpha value is -2.29. The smallest absolute Gasteiger partial charge is 0.240 e. The van der Waals surface area contributed by atoms with Crippen molar-refractivity contribution < 1.29 is 23.4 Å². The predicted molar refractivity (Wildman–Crippen MR) is 127 cm³/mol. The Kier molecular flexibility index (Phi) is 7.78. The second-order valence-corrected chi connectivity index (χ2v) is 9.77. The van der Waals surface area contributed by atoms with Crippen LogP contribution < -0.4 is 9.47 Å². The van der Waals surface area contributed by atoms with E-state index in [9.17, 15) is 9.18 Å². The van der Waals surface area contributed by atoms with Crippen LogP contribution in [0.4, 0.5) is 4.39 Å². The zero-order chi connectivity index (χ0) is 23.4. The monoisotopic (exact) mass is 474 g/mol. The average molecular weight is 475 g/mol. The van der Waals surface area contributed by atoms with Gasteiger partial charge in [0.2, 0.25) is 5.91 Å². The van der Waals surface area contributed by atoms with Gasteiger partial charge in [0.15, 0.2) is 0 Å². The number of rotatable bonds is 7. The molecule has 0 radical (unpaired) electrons. The number of thioether (sulfide) groups is 1. The van der Waals surface area contributed by atoms with E-state index in [0.717, 1.165) is 40.5 Å². The minimum atomic E-state index is -0.241. The van der Waals surface area contributed by atoms with Crippen molar-refractivity contribution in [3.8, 4) is 11.5 Å². The Bertz CT molecular complexity index is 966. The standard InChI is InChI=1S/C25H31FN2O4S/c1-17-23(30-2)9-4-18(24(17)31-3)15-28-16-21(33-20-7-5-19(26)6-8-20)14-22(28)25(29)27-10-12-32-13-11-27/h4-9,21-22H,10-16H2,1-3H3/t21-,22+/m1/s1. The number of morpholine rings is 1. The first-order valence-electron chi connectivity index (χ1n) is 11.2. The number of halogens is 1. The molecular weight excluding hydrogens is 443 g/mol. The van der Waals surface area contributed by atoms with Crippen molar-refractivity contribution in [1.29, 1.82) is 0 Å². The van der Waals surface area contributed by atoms with E-state index in [2.05, 4.69) is 4.90 Å². The maximum atomic E-state index is 13.5. The first-order valence-corrected chi connectivity index (χ1v) is 12.1. The summed E-state index contributed by atoms with van der Waals surface area (Å²) in [5, 5.41) is 0.232. The third-order valence-corrected chi connectivity index (χ3v) is 7.54. The van der Waals surface area contributed by atoms with E-state index in [1.807, 2.05) is 24.0 Å². The van der Waals surface area contributed by atoms with Gasteiger partial charge in [-0.15, -0.1) is 11.8 Å². The van der Waals surface area contributed by atoms with Gasteiger partial charge in [-0.3, -0.25) is 9.69 Å². The molecule has 0 unspecified atom stereocenters. The highest BCUT2D eigenvalue weighted by Crippen LogP contribution is 2.37. The third-order valence-electron chi connectivity index (χ3n) is 6.32. The van der Waals surface area contributed by atoms with E-state index in [0.29, 0.717) is 32.8 Å². The summed E-state index contributed by atoms with van der Waals surface area (Å²) in [4.78, 5) is 18.7. The summed E-state index contributed by atoms with van der Waals surface area (Å²) in [6, 6.07) is 10.3. The van der Waals surface area contributed by atoms with Crippen LogP contribution in [0.2, 0.25) is 0 Å². The molecule has 0 spiro atoms. The molecule has 2 aliphatic rings. The summed E-state index contributed by atoms with van der Waals surface area (Å²) in [5.41, 5.74) is 1.98. The van der Waals surface area contributed by atoms with Crippen molar-refractivity contribution in [2.75, 3.05) is 47.1 Å². The van der Waals surface area contributed by atoms with Crippen LogP contribution in [0.15, 0.2) is 41.3 Å². The average Bonchev–Trinajstić information content (AvgIpc) is 3.23. The Labute approximate surface area is 199 Å². The van der Waals surface area contributed by atoms with Gasteiger partial charge >= 0.3 is 0 Å². The molecule has 2 aromatic carbocycles. The van der Waals surface area contributed by atoms with Gasteiger partial charge in [0.1, 0.15) is 17.3 Å². The molecule has 1 amide bonds. The first kappa shape index (κ1) is 23.9. The lowest BCUT2D eigenvalue weighted by atomic mass is 10.1. The predicted octanol–water partition coefficient (Wildman–Crippen LogP) is 3.75. The number of carbonyl (C=O) groups excluding carboxylic acids is 1. The number of hydrogen-bond donors (Lipinski definition) is 0. The molecule has 0 aliphatic carbocycles. The van der Waals surface area contributed by atoms with Crippen LogP contribution in [0.3, 0.4) is 0 Å². The Morgan fingerprint density at radius 3 is 2.52 bits per heavy atom. The van der Waals surface area contributed by atoms with E-state index in [4.69, 9.17) is 14.2 Å². The van der Waals surface area contributed by atoms with Crippen molar-refractivity contribution in [1.82, 2.24) is 9.80 Å². The molecule has 0 aromatic heterocycles. The Morgan fingerprint density at radius 1 is 1.12 bits per heavy atom. The van der Waals surface area contributed by atoms with Crippen LogP contribution in [0, 0.1) is 12.7 Å². The molecule has 0 N–H and O–H groups in total. The lowest BCUT2D eigenvalue weighted by molar-refractivity contribution is -0.140. The highest BCUT2D eigenvalue weighted by Gasteiger charge is 2.40. The quantitative estimate of drug-likeness (QED) is 0.609. The molecule has 2 aliphatic heterocycles. The lowest BCUT2D eigenvalue weighted by Crippen LogP contribution is -2.49. The van der Waals surface area contributed by atoms with Gasteiger partial charge < -0.3 is 19.1 Å². The minimum Gasteiger partial charge on any atom is -0.496 e. The summed E-state index contributed by atoms with van der Waals surface area (Å²) >= 11 is 1.71. The number of benzene rings is 2. The van der Waals surface area contributed by atoms with Crippen LogP contribution >= 0.6 is 11.8 Å². The Morgan fingerprint density at radius 2 is 1.85 bits per heavy atom. The van der Waals surface area contributed by atoms with Crippen molar-refractivity contribution in [2.24, 2.45) is 0 Å². The van der Waals surface area contributed by atoms with Crippen LogP contribution in [-0.4, -0.2) is 74.1 Å². The highest BCUT2D eigenvalue weighted by molar-refractivity contribution is 8.00. The molecule has 2 saturated heterocycles. The van der Waals surface area contributed by atoms with Crippen LogP contribution in [0.5, 0.6) is 11.5 Å². The molecule has 6 nitrogen and oxygen atoms in total. The second-order valence-electron chi connectivity index (χ2n) is 8.40. The maximum Gasteiger partial charge on any atom is 0.240 e. The molecule has 33 heavy (non-hydrogen) atoms. The molecular formula is C25H31FN2O4S. The van der Waals surface area contributed by atoms with Crippen molar-refractivity contribution in [3.63, 3.8) is 0 Å². The van der Waals surface area contributed by atoms with E-state index >= 15 is 0 Å². The van der Waals surface area contributed by atoms with E-state index in [1.54, 1.807) is 38.1 Å². The normalized spacial score (nSPS) is 21.3. The van der Waals surface area contributed by atoms with Crippen molar-refractivity contribution in [3.05, 3.63) is 53.3 Å². The summed E-state index contributed by atoms with van der Waals surface area (Å²) in [6.45, 7) is 5.77. The molecule has 178 valence electrons. The summed E-state index contributed by atoms with van der Waals surface area (Å²) in [5.74, 6) is 1.49. The van der Waals surface area contributed by atoms with Gasteiger partial charge in [0.05, 0.1) is 33.5 Å². The van der Waals surface area contributed by atoms with E-state index < -0.39 is 0 Å². The topological polar surface area (TPSA) is 51.2 Å². The number of hydrogen-bond acceptors (Lipinski definition) is 6. The number of ether oxygens (including phenoxy) is 3. The number of likely N-dealkylation sites (tertiary alicyclic amines) is 1. The summed E-state index contributed by atoms with van der Waals surface area (Å²) < 4.78 is 29.9. The van der Waals surface area contributed by atoms with Crippen LogP contribution in [0.1, 0.15) is 17.5 Å². The zero-order valence-corrected chi connectivity index (χ0v) is 20.2. The Balaban J connectivity index is 1.56. The minimum absolute atomic E-state index is 0.157. The fourth-order valence-corrected chi connectivity index (χ4v) is 5.88. The highest BCUT2D eigenvalue weighted by atomic mass is 32.2. The molecule has 0 bridgehead atoms. The molecule has 2 heterocycles. The molecule has 2 atom stereocenters. The number of amides is 1. The van der Waals surface area contributed by atoms with Crippen LogP contribution in [0.25, 0.3) is 0 Å². The fourth-order valence-electron chi connectivity index (χ4n) is 4.66. The number of nitrogens with zero attached hydrogens (tertiary/aromatic N) is 2. The van der Waals surface area contributed by atoms with E-state index in [-0.39, 0.29) is 23.0 Å². The summed E-state index contributed by atoms with van der Waals surface area (Å²) in [6.07, 6.45) is 0.746. The fraction of sp³-hybridized carbons (Fsp3) is 0.480. The maximum absolute atomic E-state index is 13.5. The molecule has 0 saturated carbocycles. The van der Waals surface area contributed by atoms with Gasteiger partial charge in [-0.1, -0.05) is 6.07 Å². The van der Waals surface area contributed by atoms with Gasteiger partial charge in [-0.2, -0.15) is 0 Å². The lowest BCUT2D eigenvalue weighted by Gasteiger charge is -2.32. The van der Waals surface area contributed by atoms with E-state index in [1.165, 1.54) is 12.1 Å². The molecule has 8 heteroatoms. The van der Waals surface area contributed by atoms with Gasteiger partial charge in [0.25, 0.3) is 0 Å².